The van der Waals surface area contributed by atoms with E-state index in [2.05, 4.69) is 34.3 Å². The molecule has 1 N–H and O–H groups in total. The van der Waals surface area contributed by atoms with Gasteiger partial charge in [-0.3, -0.25) is 0 Å². The molecule has 4 nitrogen and oxygen atoms in total. The Hall–Kier alpha value is -2.73. The summed E-state index contributed by atoms with van der Waals surface area (Å²) in [6.45, 7) is 4.38. The lowest BCUT2D eigenvalue weighted by Gasteiger charge is -2.27. The number of nitrogens with one attached hydrogen (secondary N) is 1. The van der Waals surface area contributed by atoms with Gasteiger partial charge in [-0.25, -0.2) is 9.37 Å². The van der Waals surface area contributed by atoms with Gasteiger partial charge in [0.15, 0.2) is 5.11 Å². The van der Waals surface area contributed by atoms with Gasteiger partial charge in [-0.1, -0.05) is 36.4 Å². The van der Waals surface area contributed by atoms with E-state index in [0.717, 1.165) is 19.5 Å². The highest BCUT2D eigenvalue weighted by Gasteiger charge is 2.13. The number of hydrogen-bond acceptors (Lipinski definition) is 2. The molecule has 0 saturated heterocycles. The minimum absolute atomic E-state index is 0.311. The molecule has 0 amide bonds. The maximum absolute atomic E-state index is 14.0. The predicted octanol–water partition coefficient (Wildman–Crippen LogP) is 4.62. The van der Waals surface area contributed by atoms with Crippen LogP contribution in [0.4, 0.5) is 10.1 Å². The number of thiocarbonyl (C=S) groups is 1. The molecule has 0 atom stereocenters. The summed E-state index contributed by atoms with van der Waals surface area (Å²) in [7, 11) is 0. The molecule has 0 aliphatic carbocycles. The highest BCUT2D eigenvalue weighted by atomic mass is 32.1. The number of hydrogen-bond donors (Lipinski definition) is 1. The smallest absolute Gasteiger partial charge is 0.173 e. The molecular weight excluding hydrogens is 359 g/mol. The zero-order valence-corrected chi connectivity index (χ0v) is 16.1. The normalized spacial score (nSPS) is 10.6. The Morgan fingerprint density at radius 3 is 2.70 bits per heavy atom. The second-order valence-electron chi connectivity index (χ2n) is 6.41. The largest absolute Gasteiger partial charge is 0.345 e. The van der Waals surface area contributed by atoms with Gasteiger partial charge in [-0.05, 0) is 48.8 Å². The van der Waals surface area contributed by atoms with E-state index >= 15 is 0 Å². The fourth-order valence-corrected chi connectivity index (χ4v) is 3.13. The van der Waals surface area contributed by atoms with Crippen LogP contribution >= 0.6 is 12.2 Å². The first-order chi connectivity index (χ1) is 13.1. The summed E-state index contributed by atoms with van der Waals surface area (Å²) >= 11 is 5.60. The minimum Gasteiger partial charge on any atom is -0.345 e. The average Bonchev–Trinajstić information content (AvgIpc) is 3.18. The molecular formula is C21H23FN4S. The van der Waals surface area contributed by atoms with Crippen molar-refractivity contribution in [3.63, 3.8) is 0 Å². The predicted molar refractivity (Wildman–Crippen MR) is 111 cm³/mol. The van der Waals surface area contributed by atoms with Gasteiger partial charge in [0, 0.05) is 32.0 Å². The van der Waals surface area contributed by atoms with E-state index in [1.807, 2.05) is 29.2 Å². The van der Waals surface area contributed by atoms with E-state index in [0.29, 0.717) is 17.3 Å². The minimum atomic E-state index is -0.311. The van der Waals surface area contributed by atoms with Crippen molar-refractivity contribution >= 4 is 23.0 Å². The molecule has 27 heavy (non-hydrogen) atoms. The van der Waals surface area contributed by atoms with E-state index in [-0.39, 0.29) is 5.82 Å². The summed E-state index contributed by atoms with van der Waals surface area (Å²) in [5, 5.41) is 3.58. The third kappa shape index (κ3) is 5.37. The molecule has 0 bridgehead atoms. The number of benzene rings is 2. The topological polar surface area (TPSA) is 33.1 Å². The number of imidazole rings is 1. The SMILES string of the molecule is Cc1ccccc1CN(CCCn1ccnc1)C(=S)Nc1ccccc1F. The Morgan fingerprint density at radius 1 is 1.19 bits per heavy atom. The van der Waals surface area contributed by atoms with Crippen LogP contribution in [0, 0.1) is 12.7 Å². The monoisotopic (exact) mass is 382 g/mol. The molecule has 0 aliphatic rings. The number of aryl methyl sites for hydroxylation is 2. The van der Waals surface area contributed by atoms with Crippen molar-refractivity contribution in [2.45, 2.75) is 26.4 Å². The summed E-state index contributed by atoms with van der Waals surface area (Å²) in [6, 6.07) is 14.8. The fraction of sp³-hybridized carbons (Fsp3) is 0.238. The third-order valence-corrected chi connectivity index (χ3v) is 4.79. The van der Waals surface area contributed by atoms with E-state index in [9.17, 15) is 4.39 Å². The number of aromatic nitrogens is 2. The summed E-state index contributed by atoms with van der Waals surface area (Å²) in [5.74, 6) is -0.311. The summed E-state index contributed by atoms with van der Waals surface area (Å²) < 4.78 is 16.0. The first-order valence-corrected chi connectivity index (χ1v) is 9.35. The number of halogens is 1. The van der Waals surface area contributed by atoms with Crippen molar-refractivity contribution < 1.29 is 4.39 Å². The summed E-state index contributed by atoms with van der Waals surface area (Å²) in [6.07, 6.45) is 6.43. The lowest BCUT2D eigenvalue weighted by molar-refractivity contribution is 0.395. The van der Waals surface area contributed by atoms with Crippen molar-refractivity contribution in [2.75, 3.05) is 11.9 Å². The highest BCUT2D eigenvalue weighted by Crippen LogP contribution is 2.16. The van der Waals surface area contributed by atoms with Gasteiger partial charge in [0.05, 0.1) is 12.0 Å². The molecule has 3 rings (SSSR count). The molecule has 2 aromatic carbocycles. The van der Waals surface area contributed by atoms with E-state index < -0.39 is 0 Å². The fourth-order valence-electron chi connectivity index (χ4n) is 2.87. The molecule has 6 heteroatoms. The van der Waals surface area contributed by atoms with Gasteiger partial charge in [0.2, 0.25) is 0 Å². The van der Waals surface area contributed by atoms with Crippen molar-refractivity contribution in [1.82, 2.24) is 14.5 Å². The Labute approximate surface area is 164 Å². The molecule has 0 radical (unpaired) electrons. The van der Waals surface area contributed by atoms with Crippen molar-refractivity contribution in [3.8, 4) is 0 Å². The first kappa shape index (κ1) is 19.0. The van der Waals surface area contributed by atoms with E-state index in [1.54, 1.807) is 24.4 Å². The van der Waals surface area contributed by atoms with Crippen LogP contribution < -0.4 is 5.32 Å². The van der Waals surface area contributed by atoms with Crippen LogP contribution in [0.5, 0.6) is 0 Å². The molecule has 0 fully saturated rings. The quantitative estimate of drug-likeness (QED) is 0.605. The molecule has 0 saturated carbocycles. The van der Waals surface area contributed by atoms with Gasteiger partial charge in [0.25, 0.3) is 0 Å². The van der Waals surface area contributed by atoms with Gasteiger partial charge in [-0.15, -0.1) is 0 Å². The standard InChI is InChI=1S/C21H23FN4S/c1-17-7-2-3-8-18(17)15-26(13-6-12-25-14-11-23-16-25)21(27)24-20-10-5-4-9-19(20)22/h2-5,7-11,14,16H,6,12-13,15H2,1H3,(H,24,27). The van der Waals surface area contributed by atoms with Crippen LogP contribution in [0.25, 0.3) is 0 Å². The van der Waals surface area contributed by atoms with Crippen LogP contribution in [0.2, 0.25) is 0 Å². The lowest BCUT2D eigenvalue weighted by atomic mass is 10.1. The maximum Gasteiger partial charge on any atom is 0.173 e. The van der Waals surface area contributed by atoms with Crippen LogP contribution in [0.3, 0.4) is 0 Å². The summed E-state index contributed by atoms with van der Waals surface area (Å²) in [4.78, 5) is 6.15. The number of anilines is 1. The number of rotatable bonds is 7. The van der Waals surface area contributed by atoms with Crippen LogP contribution in [0.1, 0.15) is 17.5 Å². The Kier molecular flexibility index (Phi) is 6.54. The Bertz CT molecular complexity index is 879. The van der Waals surface area contributed by atoms with Crippen LogP contribution in [0.15, 0.2) is 67.3 Å². The molecule has 1 aromatic heterocycles. The Morgan fingerprint density at radius 2 is 1.96 bits per heavy atom. The zero-order chi connectivity index (χ0) is 19.1. The zero-order valence-electron chi connectivity index (χ0n) is 15.3. The van der Waals surface area contributed by atoms with Crippen LogP contribution in [-0.4, -0.2) is 26.1 Å². The second kappa shape index (κ2) is 9.28. The van der Waals surface area contributed by atoms with Gasteiger partial charge < -0.3 is 14.8 Å². The van der Waals surface area contributed by atoms with Gasteiger partial charge in [-0.2, -0.15) is 0 Å². The molecule has 0 spiro atoms. The highest BCUT2D eigenvalue weighted by molar-refractivity contribution is 7.80. The van der Waals surface area contributed by atoms with Crippen molar-refractivity contribution in [2.24, 2.45) is 0 Å². The van der Waals surface area contributed by atoms with E-state index in [4.69, 9.17) is 12.2 Å². The average molecular weight is 383 g/mol. The Balaban J connectivity index is 1.70. The molecule has 140 valence electrons. The van der Waals surface area contributed by atoms with Crippen molar-refractivity contribution in [3.05, 3.63) is 84.2 Å². The van der Waals surface area contributed by atoms with Crippen LogP contribution in [-0.2, 0) is 13.1 Å². The lowest BCUT2D eigenvalue weighted by Crippen LogP contribution is -2.35. The van der Waals surface area contributed by atoms with Gasteiger partial charge in [0.1, 0.15) is 5.82 Å². The first-order valence-electron chi connectivity index (χ1n) is 8.94. The summed E-state index contributed by atoms with van der Waals surface area (Å²) in [5.41, 5.74) is 2.82. The van der Waals surface area contributed by atoms with Crippen molar-refractivity contribution in [1.29, 1.82) is 0 Å². The number of nitrogens with zero attached hydrogens (tertiary/aromatic N) is 3. The molecule has 0 aliphatic heterocycles. The third-order valence-electron chi connectivity index (χ3n) is 4.43. The molecule has 1 heterocycles. The maximum atomic E-state index is 14.0. The second-order valence-corrected chi connectivity index (χ2v) is 6.80. The molecule has 3 aromatic rings. The molecule has 0 unspecified atom stereocenters. The number of para-hydroxylation sites is 1. The van der Waals surface area contributed by atoms with E-state index in [1.165, 1.54) is 17.2 Å². The van der Waals surface area contributed by atoms with Gasteiger partial charge >= 0.3 is 0 Å².